The molecular formula is C8H17ClN2O2. The predicted octanol–water partition coefficient (Wildman–Crippen LogP) is 0.225. The van der Waals surface area contributed by atoms with E-state index in [1.807, 2.05) is 0 Å². The van der Waals surface area contributed by atoms with Crippen LogP contribution in [0.3, 0.4) is 0 Å². The molecule has 0 saturated carbocycles. The van der Waals surface area contributed by atoms with E-state index in [-0.39, 0.29) is 5.88 Å². The summed E-state index contributed by atoms with van der Waals surface area (Å²) in [6.07, 6.45) is 2.14. The van der Waals surface area contributed by atoms with E-state index in [4.69, 9.17) is 23.1 Å². The lowest BCUT2D eigenvalue weighted by molar-refractivity contribution is -0.146. The normalized spacial score (nSPS) is 15.1. The van der Waals surface area contributed by atoms with E-state index in [2.05, 4.69) is 4.74 Å². The molecule has 0 amide bonds. The highest BCUT2D eigenvalue weighted by Crippen LogP contribution is 2.14. The Labute approximate surface area is 83.6 Å². The van der Waals surface area contributed by atoms with Crippen LogP contribution in [0.15, 0.2) is 0 Å². The lowest BCUT2D eigenvalue weighted by Gasteiger charge is -2.23. The second-order valence-corrected chi connectivity index (χ2v) is 3.29. The quantitative estimate of drug-likeness (QED) is 0.372. The van der Waals surface area contributed by atoms with Gasteiger partial charge in [0.15, 0.2) is 0 Å². The molecule has 1 atom stereocenters. The molecule has 13 heavy (non-hydrogen) atoms. The van der Waals surface area contributed by atoms with E-state index in [0.717, 1.165) is 12.8 Å². The first-order chi connectivity index (χ1) is 6.10. The molecule has 0 radical (unpaired) electrons. The van der Waals surface area contributed by atoms with Crippen molar-refractivity contribution >= 4 is 17.6 Å². The van der Waals surface area contributed by atoms with Crippen LogP contribution in [0.25, 0.3) is 0 Å². The van der Waals surface area contributed by atoms with Crippen LogP contribution < -0.4 is 11.5 Å². The van der Waals surface area contributed by atoms with Gasteiger partial charge in [-0.1, -0.05) is 0 Å². The van der Waals surface area contributed by atoms with Crippen LogP contribution in [0.4, 0.5) is 0 Å². The summed E-state index contributed by atoms with van der Waals surface area (Å²) in [4.78, 5) is 11.2. The molecule has 0 rings (SSSR count). The predicted molar refractivity (Wildman–Crippen MR) is 52.6 cm³/mol. The SMILES string of the molecule is COC(=O)C(N)(CCl)CCCCN. The summed E-state index contributed by atoms with van der Waals surface area (Å²) in [5.74, 6) is -0.385. The molecule has 0 spiro atoms. The van der Waals surface area contributed by atoms with Crippen LogP contribution in [-0.4, -0.2) is 31.0 Å². The van der Waals surface area contributed by atoms with Crippen molar-refractivity contribution in [3.8, 4) is 0 Å². The van der Waals surface area contributed by atoms with Crippen LogP contribution >= 0.6 is 11.6 Å². The largest absolute Gasteiger partial charge is 0.468 e. The maximum Gasteiger partial charge on any atom is 0.327 e. The van der Waals surface area contributed by atoms with Crippen molar-refractivity contribution in [1.29, 1.82) is 0 Å². The van der Waals surface area contributed by atoms with Crippen molar-refractivity contribution < 1.29 is 9.53 Å². The molecule has 4 N–H and O–H groups in total. The van der Waals surface area contributed by atoms with Crippen molar-refractivity contribution in [2.45, 2.75) is 24.8 Å². The van der Waals surface area contributed by atoms with Gasteiger partial charge >= 0.3 is 5.97 Å². The first-order valence-electron chi connectivity index (χ1n) is 4.24. The van der Waals surface area contributed by atoms with Crippen molar-refractivity contribution in [3.63, 3.8) is 0 Å². The molecule has 0 heterocycles. The highest BCUT2D eigenvalue weighted by Gasteiger charge is 2.33. The highest BCUT2D eigenvalue weighted by atomic mass is 35.5. The lowest BCUT2D eigenvalue weighted by Crippen LogP contribution is -2.50. The summed E-state index contributed by atoms with van der Waals surface area (Å²) in [6, 6.07) is 0. The Morgan fingerprint density at radius 1 is 1.54 bits per heavy atom. The minimum absolute atomic E-state index is 0.0737. The van der Waals surface area contributed by atoms with Gasteiger partial charge in [-0.25, -0.2) is 0 Å². The third kappa shape index (κ3) is 3.93. The first-order valence-corrected chi connectivity index (χ1v) is 4.77. The molecule has 0 aromatic heterocycles. The number of alkyl halides is 1. The molecule has 0 aliphatic heterocycles. The molecule has 0 aromatic rings. The number of esters is 1. The molecule has 78 valence electrons. The Balaban J connectivity index is 4.03. The zero-order valence-corrected chi connectivity index (χ0v) is 8.64. The molecular weight excluding hydrogens is 192 g/mol. The zero-order valence-electron chi connectivity index (χ0n) is 7.88. The second kappa shape index (κ2) is 6.18. The van der Waals surface area contributed by atoms with Gasteiger partial charge in [0.1, 0.15) is 5.54 Å². The van der Waals surface area contributed by atoms with Crippen LogP contribution in [0.5, 0.6) is 0 Å². The minimum Gasteiger partial charge on any atom is -0.468 e. The molecule has 0 bridgehead atoms. The van der Waals surface area contributed by atoms with E-state index in [1.54, 1.807) is 0 Å². The zero-order chi connectivity index (χ0) is 10.3. The molecule has 0 saturated heterocycles. The molecule has 0 aromatic carbocycles. The third-order valence-electron chi connectivity index (χ3n) is 1.91. The Morgan fingerprint density at radius 2 is 2.15 bits per heavy atom. The van der Waals surface area contributed by atoms with Crippen LogP contribution in [0.2, 0.25) is 0 Å². The monoisotopic (exact) mass is 208 g/mol. The smallest absolute Gasteiger partial charge is 0.327 e. The van der Waals surface area contributed by atoms with Crippen molar-refractivity contribution in [2.75, 3.05) is 19.5 Å². The highest BCUT2D eigenvalue weighted by molar-refractivity contribution is 6.20. The van der Waals surface area contributed by atoms with Gasteiger partial charge in [-0.15, -0.1) is 11.6 Å². The second-order valence-electron chi connectivity index (χ2n) is 3.03. The number of nitrogens with two attached hydrogens (primary N) is 2. The number of carbonyl (C=O) groups excluding carboxylic acids is 1. The molecule has 0 aliphatic carbocycles. The number of methoxy groups -OCH3 is 1. The maximum absolute atomic E-state index is 11.2. The van der Waals surface area contributed by atoms with Crippen LogP contribution in [-0.2, 0) is 9.53 Å². The third-order valence-corrected chi connectivity index (χ3v) is 2.38. The number of hydrogen-bond donors (Lipinski definition) is 2. The Hall–Kier alpha value is -0.320. The van der Waals surface area contributed by atoms with Gasteiger partial charge in [-0.3, -0.25) is 4.79 Å². The number of carbonyl (C=O) groups is 1. The average molecular weight is 209 g/mol. The summed E-state index contributed by atoms with van der Waals surface area (Å²) < 4.78 is 4.56. The van der Waals surface area contributed by atoms with Crippen molar-refractivity contribution in [3.05, 3.63) is 0 Å². The number of hydrogen-bond acceptors (Lipinski definition) is 4. The maximum atomic E-state index is 11.2. The average Bonchev–Trinajstić information content (AvgIpc) is 2.16. The number of ether oxygens (including phenoxy) is 1. The topological polar surface area (TPSA) is 78.3 Å². The molecule has 0 fully saturated rings. The summed E-state index contributed by atoms with van der Waals surface area (Å²) in [5, 5.41) is 0. The van der Waals surface area contributed by atoms with E-state index in [1.165, 1.54) is 7.11 Å². The van der Waals surface area contributed by atoms with E-state index in [9.17, 15) is 4.79 Å². The molecule has 4 nitrogen and oxygen atoms in total. The number of halogens is 1. The first kappa shape index (κ1) is 12.7. The van der Waals surface area contributed by atoms with Crippen molar-refractivity contribution in [2.24, 2.45) is 11.5 Å². The molecule has 5 heteroatoms. The molecule has 0 aliphatic rings. The van der Waals surface area contributed by atoms with Crippen LogP contribution in [0, 0.1) is 0 Å². The van der Waals surface area contributed by atoms with Crippen molar-refractivity contribution in [1.82, 2.24) is 0 Å². The Kier molecular flexibility index (Phi) is 6.03. The summed E-state index contributed by atoms with van der Waals surface area (Å²) in [6.45, 7) is 0.597. The molecule has 1 unspecified atom stereocenters. The van der Waals surface area contributed by atoms with E-state index >= 15 is 0 Å². The van der Waals surface area contributed by atoms with E-state index < -0.39 is 11.5 Å². The van der Waals surface area contributed by atoms with E-state index in [0.29, 0.717) is 13.0 Å². The summed E-state index contributed by atoms with van der Waals surface area (Å²) in [5.41, 5.74) is 10.0. The summed E-state index contributed by atoms with van der Waals surface area (Å²) in [7, 11) is 1.30. The van der Waals surface area contributed by atoms with Gasteiger partial charge < -0.3 is 16.2 Å². The fourth-order valence-corrected chi connectivity index (χ4v) is 1.25. The lowest BCUT2D eigenvalue weighted by atomic mass is 9.96. The fraction of sp³-hybridized carbons (Fsp3) is 0.875. The standard InChI is InChI=1S/C8H17ClN2O2/c1-13-7(12)8(11,6-9)4-2-3-5-10/h2-6,10-11H2,1H3. The van der Waals surface area contributed by atoms with Gasteiger partial charge in [0.2, 0.25) is 0 Å². The van der Waals surface area contributed by atoms with Gasteiger partial charge in [0.25, 0.3) is 0 Å². The minimum atomic E-state index is -1.05. The van der Waals surface area contributed by atoms with Gasteiger partial charge in [-0.2, -0.15) is 0 Å². The van der Waals surface area contributed by atoms with Gasteiger partial charge in [0, 0.05) is 0 Å². The fourth-order valence-electron chi connectivity index (χ4n) is 1.01. The van der Waals surface area contributed by atoms with Crippen LogP contribution in [0.1, 0.15) is 19.3 Å². The Bertz CT molecular complexity index is 166. The van der Waals surface area contributed by atoms with Gasteiger partial charge in [-0.05, 0) is 25.8 Å². The number of rotatable bonds is 6. The summed E-state index contributed by atoms with van der Waals surface area (Å²) >= 11 is 5.60. The van der Waals surface area contributed by atoms with Gasteiger partial charge in [0.05, 0.1) is 13.0 Å². The Morgan fingerprint density at radius 3 is 2.54 bits per heavy atom. The number of unbranched alkanes of at least 4 members (excludes halogenated alkanes) is 1.